The lowest BCUT2D eigenvalue weighted by Crippen LogP contribution is -2.42. The van der Waals surface area contributed by atoms with E-state index in [0.717, 1.165) is 48.7 Å². The molecule has 11 heteroatoms. The van der Waals surface area contributed by atoms with Gasteiger partial charge in [-0.25, -0.2) is 14.1 Å². The number of carbonyl (C=O) groups excluding carboxylic acids is 2. The summed E-state index contributed by atoms with van der Waals surface area (Å²) >= 11 is 1.38. The van der Waals surface area contributed by atoms with Crippen LogP contribution >= 0.6 is 11.3 Å². The van der Waals surface area contributed by atoms with Gasteiger partial charge >= 0.3 is 0 Å². The molecule has 9 nitrogen and oxygen atoms in total. The number of rotatable bonds is 4. The minimum Gasteiger partial charge on any atom is -0.378 e. The van der Waals surface area contributed by atoms with Crippen molar-refractivity contribution < 1.29 is 18.7 Å². The fraction of sp³-hybridized carbons (Fsp3) is 0.333. The van der Waals surface area contributed by atoms with Crippen LogP contribution in [0.5, 0.6) is 0 Å². The summed E-state index contributed by atoms with van der Waals surface area (Å²) in [5.74, 6) is -1.33. The number of amides is 2. The third kappa shape index (κ3) is 3.96. The van der Waals surface area contributed by atoms with Crippen molar-refractivity contribution in [3.63, 3.8) is 0 Å². The van der Waals surface area contributed by atoms with Crippen LogP contribution in [0.1, 0.15) is 38.7 Å². The lowest BCUT2D eigenvalue weighted by Gasteiger charge is -2.25. The molecule has 1 aromatic carbocycles. The van der Waals surface area contributed by atoms with Crippen LogP contribution in [0.25, 0.3) is 5.69 Å². The number of aromatic nitrogens is 3. The highest BCUT2D eigenvalue weighted by molar-refractivity contribution is 7.13. The maximum atomic E-state index is 13.3. The van der Waals surface area contributed by atoms with Crippen molar-refractivity contribution >= 4 is 28.3 Å². The molecule has 1 fully saturated rings. The minimum atomic E-state index is -0.499. The molecular formula is C21H21FN6O3S. The molecule has 0 bridgehead atoms. The summed E-state index contributed by atoms with van der Waals surface area (Å²) in [6, 6.07) is 5.96. The molecule has 2 amide bonds. The number of fused-ring (bicyclic) bond motifs is 1. The van der Waals surface area contributed by atoms with Crippen LogP contribution in [0.15, 0.2) is 29.6 Å². The first-order valence-corrected chi connectivity index (χ1v) is 11.2. The van der Waals surface area contributed by atoms with Crippen molar-refractivity contribution in [3.8, 4) is 5.69 Å². The zero-order valence-corrected chi connectivity index (χ0v) is 18.0. The molecule has 5 rings (SSSR count). The van der Waals surface area contributed by atoms with Crippen LogP contribution in [0, 0.1) is 5.82 Å². The van der Waals surface area contributed by atoms with E-state index in [-0.39, 0.29) is 17.2 Å². The van der Waals surface area contributed by atoms with E-state index in [9.17, 15) is 14.0 Å². The Morgan fingerprint density at radius 1 is 1.06 bits per heavy atom. The molecule has 3 aromatic rings. The first-order chi connectivity index (χ1) is 15.6. The van der Waals surface area contributed by atoms with Crippen LogP contribution in [0.4, 0.5) is 9.52 Å². The van der Waals surface area contributed by atoms with Gasteiger partial charge in [0, 0.05) is 29.7 Å². The zero-order valence-electron chi connectivity index (χ0n) is 17.1. The molecule has 0 saturated carbocycles. The third-order valence-electron chi connectivity index (χ3n) is 5.51. The summed E-state index contributed by atoms with van der Waals surface area (Å²) in [5, 5.41) is 6.86. The Balaban J connectivity index is 1.27. The average Bonchev–Trinajstić information content (AvgIpc) is 3.55. The van der Waals surface area contributed by atoms with Gasteiger partial charge in [0.15, 0.2) is 10.8 Å². The standard InChI is InChI=1S/C21H21FN6O3S/c22-13-4-6-14(7-5-13)28-17-3-1-2-15(17)18(26-28)20(30)25-24-19(29)16-12-32-21(23-16)27-8-10-31-11-9-27/h4-7,12H,1-3,8-11H2,(H,24,29)(H,25,30). The van der Waals surface area contributed by atoms with Gasteiger partial charge in [-0.3, -0.25) is 20.4 Å². The predicted octanol–water partition coefficient (Wildman–Crippen LogP) is 1.87. The molecule has 2 aromatic heterocycles. The van der Waals surface area contributed by atoms with Gasteiger partial charge in [-0.1, -0.05) is 0 Å². The summed E-state index contributed by atoms with van der Waals surface area (Å²) in [6.45, 7) is 2.72. The van der Waals surface area contributed by atoms with Crippen molar-refractivity contribution in [3.05, 3.63) is 58.1 Å². The molecule has 0 radical (unpaired) electrons. The van der Waals surface area contributed by atoms with E-state index in [1.807, 2.05) is 0 Å². The number of anilines is 1. The van der Waals surface area contributed by atoms with Crippen molar-refractivity contribution in [2.45, 2.75) is 19.3 Å². The highest BCUT2D eigenvalue weighted by Crippen LogP contribution is 2.28. The molecule has 0 atom stereocenters. The average molecular weight is 457 g/mol. The Labute approximate surface area is 187 Å². The van der Waals surface area contributed by atoms with Gasteiger partial charge in [0.2, 0.25) is 0 Å². The molecule has 2 N–H and O–H groups in total. The number of hydrazine groups is 1. The molecule has 1 aliphatic carbocycles. The Morgan fingerprint density at radius 3 is 2.59 bits per heavy atom. The largest absolute Gasteiger partial charge is 0.378 e. The summed E-state index contributed by atoms with van der Waals surface area (Å²) < 4.78 is 20.3. The van der Waals surface area contributed by atoms with Crippen LogP contribution in [0.3, 0.4) is 0 Å². The zero-order chi connectivity index (χ0) is 22.1. The Morgan fingerprint density at radius 2 is 1.81 bits per heavy atom. The molecule has 1 aliphatic heterocycles. The van der Waals surface area contributed by atoms with Gasteiger partial charge in [-0.05, 0) is 43.5 Å². The second-order valence-corrected chi connectivity index (χ2v) is 8.38. The number of halogens is 1. The van der Waals surface area contributed by atoms with Crippen molar-refractivity contribution in [2.24, 2.45) is 0 Å². The van der Waals surface area contributed by atoms with Crippen LogP contribution in [-0.4, -0.2) is 52.9 Å². The highest BCUT2D eigenvalue weighted by atomic mass is 32.1. The molecule has 0 unspecified atom stereocenters. The van der Waals surface area contributed by atoms with Crippen LogP contribution in [0.2, 0.25) is 0 Å². The molecule has 166 valence electrons. The number of thiazole rings is 1. The van der Waals surface area contributed by atoms with Gasteiger partial charge < -0.3 is 9.64 Å². The fourth-order valence-corrected chi connectivity index (χ4v) is 4.78. The van der Waals surface area contributed by atoms with Gasteiger partial charge in [-0.2, -0.15) is 5.10 Å². The number of nitrogens with one attached hydrogen (secondary N) is 2. The smallest absolute Gasteiger partial charge is 0.290 e. The Bertz CT molecular complexity index is 1150. The van der Waals surface area contributed by atoms with E-state index < -0.39 is 11.8 Å². The summed E-state index contributed by atoms with van der Waals surface area (Å²) in [4.78, 5) is 31.7. The lowest BCUT2D eigenvalue weighted by atomic mass is 10.2. The Hall–Kier alpha value is -3.31. The van der Waals surface area contributed by atoms with Crippen LogP contribution in [-0.2, 0) is 17.6 Å². The quantitative estimate of drug-likeness (QED) is 0.582. The molecule has 2 aliphatic rings. The summed E-state index contributed by atoms with van der Waals surface area (Å²) in [6.07, 6.45) is 2.41. The first-order valence-electron chi connectivity index (χ1n) is 10.4. The summed E-state index contributed by atoms with van der Waals surface area (Å²) in [7, 11) is 0. The minimum absolute atomic E-state index is 0.235. The number of hydrogen-bond donors (Lipinski definition) is 2. The predicted molar refractivity (Wildman–Crippen MR) is 116 cm³/mol. The normalized spacial score (nSPS) is 15.5. The molecule has 3 heterocycles. The van der Waals surface area contributed by atoms with Crippen molar-refractivity contribution in [1.82, 2.24) is 25.6 Å². The Kier molecular flexibility index (Phi) is 5.58. The monoisotopic (exact) mass is 456 g/mol. The number of nitrogens with zero attached hydrogens (tertiary/aromatic N) is 4. The highest BCUT2D eigenvalue weighted by Gasteiger charge is 2.27. The van der Waals surface area contributed by atoms with Gasteiger partial charge in [0.05, 0.1) is 18.9 Å². The maximum Gasteiger partial charge on any atom is 0.290 e. The molecular weight excluding hydrogens is 435 g/mol. The van der Waals surface area contributed by atoms with Crippen molar-refractivity contribution in [1.29, 1.82) is 0 Å². The van der Waals surface area contributed by atoms with E-state index in [1.54, 1.807) is 22.2 Å². The SMILES string of the molecule is O=C(NNC(=O)c1nn(-c2ccc(F)cc2)c2c1CCC2)c1csc(N2CCOCC2)n1. The van der Waals surface area contributed by atoms with Crippen molar-refractivity contribution in [2.75, 3.05) is 31.2 Å². The van der Waals surface area contributed by atoms with E-state index in [4.69, 9.17) is 4.74 Å². The second-order valence-electron chi connectivity index (χ2n) is 7.54. The van der Waals surface area contributed by atoms with Gasteiger partial charge in [0.25, 0.3) is 11.8 Å². The number of benzene rings is 1. The van der Waals surface area contributed by atoms with E-state index in [2.05, 4.69) is 25.8 Å². The van der Waals surface area contributed by atoms with Crippen LogP contribution < -0.4 is 15.8 Å². The number of morpholine rings is 1. The topological polar surface area (TPSA) is 101 Å². The number of hydrogen-bond acceptors (Lipinski definition) is 7. The van der Waals surface area contributed by atoms with Gasteiger partial charge in [-0.15, -0.1) is 11.3 Å². The molecule has 32 heavy (non-hydrogen) atoms. The number of carbonyl (C=O) groups is 2. The molecule has 0 spiro atoms. The second kappa shape index (κ2) is 8.67. The lowest BCUT2D eigenvalue weighted by molar-refractivity contribution is 0.0841. The van der Waals surface area contributed by atoms with Gasteiger partial charge in [0.1, 0.15) is 11.5 Å². The van der Waals surface area contributed by atoms with E-state index in [1.165, 1.54) is 23.5 Å². The summed E-state index contributed by atoms with van der Waals surface area (Å²) in [5.41, 5.74) is 7.84. The maximum absolute atomic E-state index is 13.3. The van der Waals surface area contributed by atoms with E-state index >= 15 is 0 Å². The number of ether oxygens (including phenoxy) is 1. The fourth-order valence-electron chi connectivity index (χ4n) is 3.92. The molecule has 1 saturated heterocycles. The van der Waals surface area contributed by atoms with E-state index in [0.29, 0.717) is 18.9 Å². The first kappa shape index (κ1) is 20.6. The third-order valence-corrected chi connectivity index (χ3v) is 6.41.